The molecule has 0 fully saturated rings. The molecule has 2 rings (SSSR count). The summed E-state index contributed by atoms with van der Waals surface area (Å²) in [7, 11) is 2.02. The fourth-order valence-electron chi connectivity index (χ4n) is 2.45. The van der Waals surface area contributed by atoms with Crippen molar-refractivity contribution in [3.05, 3.63) is 29.3 Å². The lowest BCUT2D eigenvalue weighted by atomic mass is 10.1. The van der Waals surface area contributed by atoms with Crippen molar-refractivity contribution >= 4 is 0 Å². The van der Waals surface area contributed by atoms with E-state index in [2.05, 4.69) is 30.4 Å². The maximum absolute atomic E-state index is 5.70. The van der Waals surface area contributed by atoms with Crippen molar-refractivity contribution in [3.63, 3.8) is 0 Å². The van der Waals surface area contributed by atoms with Gasteiger partial charge in [0.2, 0.25) is 0 Å². The van der Waals surface area contributed by atoms with Crippen LogP contribution in [0.15, 0.2) is 18.2 Å². The third kappa shape index (κ3) is 3.24. The fourth-order valence-corrected chi connectivity index (χ4v) is 2.45. The summed E-state index contributed by atoms with van der Waals surface area (Å²) in [6.45, 7) is 4.23. The van der Waals surface area contributed by atoms with Crippen LogP contribution in [-0.4, -0.2) is 26.9 Å². The quantitative estimate of drug-likeness (QED) is 0.754. The van der Waals surface area contributed by atoms with Crippen molar-refractivity contribution in [2.45, 2.75) is 32.2 Å². The van der Waals surface area contributed by atoms with E-state index in [1.54, 1.807) is 0 Å². The van der Waals surface area contributed by atoms with Crippen molar-refractivity contribution in [3.8, 4) is 5.75 Å². The van der Waals surface area contributed by atoms with Gasteiger partial charge in [-0.1, -0.05) is 13.0 Å². The van der Waals surface area contributed by atoms with Gasteiger partial charge in [0, 0.05) is 12.6 Å². The first-order valence-electron chi connectivity index (χ1n) is 6.85. The normalized spacial score (nSPS) is 17.8. The predicted molar refractivity (Wildman–Crippen MR) is 73.2 cm³/mol. The Bertz CT molecular complexity index is 379. The Kier molecular flexibility index (Phi) is 5.02. The van der Waals surface area contributed by atoms with Gasteiger partial charge in [0.25, 0.3) is 0 Å². The van der Waals surface area contributed by atoms with Crippen molar-refractivity contribution in [2.24, 2.45) is 0 Å². The van der Waals surface area contributed by atoms with Crippen LogP contribution in [-0.2, 0) is 11.2 Å². The molecule has 0 amide bonds. The smallest absolute Gasteiger partial charge is 0.119 e. The number of fused-ring (bicyclic) bond motifs is 1. The van der Waals surface area contributed by atoms with Crippen molar-refractivity contribution in [1.82, 2.24) is 5.32 Å². The number of hydrogen-bond donors (Lipinski definition) is 1. The maximum Gasteiger partial charge on any atom is 0.119 e. The second kappa shape index (κ2) is 6.76. The SMILES string of the molecule is CCCOCCOc1ccc2c(c1)CCC2NC. The molecule has 0 aromatic heterocycles. The van der Waals surface area contributed by atoms with Gasteiger partial charge in [0.05, 0.1) is 6.61 Å². The molecule has 1 aliphatic carbocycles. The molecule has 0 saturated carbocycles. The van der Waals surface area contributed by atoms with Crippen LogP contribution >= 0.6 is 0 Å². The Morgan fingerprint density at radius 3 is 2.94 bits per heavy atom. The van der Waals surface area contributed by atoms with Crippen LogP contribution in [0.2, 0.25) is 0 Å². The number of ether oxygens (including phenoxy) is 2. The lowest BCUT2D eigenvalue weighted by Gasteiger charge is -2.11. The molecule has 1 N–H and O–H groups in total. The number of nitrogens with one attached hydrogen (secondary N) is 1. The first-order chi connectivity index (χ1) is 8.85. The molecule has 1 atom stereocenters. The zero-order chi connectivity index (χ0) is 12.8. The molecule has 0 radical (unpaired) electrons. The highest BCUT2D eigenvalue weighted by Gasteiger charge is 2.20. The number of rotatable bonds is 7. The average Bonchev–Trinajstić information content (AvgIpc) is 2.80. The lowest BCUT2D eigenvalue weighted by Crippen LogP contribution is -2.12. The van der Waals surface area contributed by atoms with E-state index in [0.29, 0.717) is 19.3 Å². The number of benzene rings is 1. The van der Waals surface area contributed by atoms with Gasteiger partial charge in [0.1, 0.15) is 12.4 Å². The summed E-state index contributed by atoms with van der Waals surface area (Å²) in [5.41, 5.74) is 2.84. The van der Waals surface area contributed by atoms with E-state index in [0.717, 1.165) is 25.2 Å². The number of aryl methyl sites for hydroxylation is 1. The summed E-state index contributed by atoms with van der Waals surface area (Å²) < 4.78 is 11.1. The Balaban J connectivity index is 1.84. The minimum atomic E-state index is 0.516. The first kappa shape index (κ1) is 13.4. The number of hydrogen-bond acceptors (Lipinski definition) is 3. The highest BCUT2D eigenvalue weighted by atomic mass is 16.5. The molecule has 3 nitrogen and oxygen atoms in total. The zero-order valence-corrected chi connectivity index (χ0v) is 11.4. The van der Waals surface area contributed by atoms with Crippen molar-refractivity contribution in [2.75, 3.05) is 26.9 Å². The zero-order valence-electron chi connectivity index (χ0n) is 11.4. The van der Waals surface area contributed by atoms with E-state index in [4.69, 9.17) is 9.47 Å². The molecule has 0 spiro atoms. The van der Waals surface area contributed by atoms with E-state index in [1.165, 1.54) is 17.5 Å². The Morgan fingerprint density at radius 1 is 1.28 bits per heavy atom. The van der Waals surface area contributed by atoms with Crippen LogP contribution in [0.5, 0.6) is 5.75 Å². The van der Waals surface area contributed by atoms with E-state index in [1.807, 2.05) is 7.05 Å². The molecule has 18 heavy (non-hydrogen) atoms. The summed E-state index contributed by atoms with van der Waals surface area (Å²) in [5, 5.41) is 3.35. The molecular weight excluding hydrogens is 226 g/mol. The standard InChI is InChI=1S/C15H23NO2/c1-3-8-17-9-10-18-13-5-6-14-12(11-13)4-7-15(14)16-2/h5-6,11,15-16H,3-4,7-10H2,1-2H3. The summed E-state index contributed by atoms with van der Waals surface area (Å²) in [4.78, 5) is 0. The Morgan fingerprint density at radius 2 is 2.17 bits per heavy atom. The summed E-state index contributed by atoms with van der Waals surface area (Å²) in [5.74, 6) is 0.964. The average molecular weight is 249 g/mol. The molecule has 0 heterocycles. The van der Waals surface area contributed by atoms with Crippen LogP contribution < -0.4 is 10.1 Å². The van der Waals surface area contributed by atoms with Crippen LogP contribution in [0, 0.1) is 0 Å². The van der Waals surface area contributed by atoms with Gasteiger partial charge in [-0.25, -0.2) is 0 Å². The lowest BCUT2D eigenvalue weighted by molar-refractivity contribution is 0.101. The van der Waals surface area contributed by atoms with Gasteiger partial charge >= 0.3 is 0 Å². The van der Waals surface area contributed by atoms with Gasteiger partial charge in [-0.15, -0.1) is 0 Å². The molecular formula is C15H23NO2. The minimum absolute atomic E-state index is 0.516. The molecule has 1 aliphatic rings. The summed E-state index contributed by atoms with van der Waals surface area (Å²) in [6.07, 6.45) is 3.39. The third-order valence-corrected chi connectivity index (χ3v) is 3.39. The minimum Gasteiger partial charge on any atom is -0.491 e. The monoisotopic (exact) mass is 249 g/mol. The van der Waals surface area contributed by atoms with E-state index >= 15 is 0 Å². The second-order valence-corrected chi connectivity index (χ2v) is 4.70. The molecule has 100 valence electrons. The molecule has 0 saturated heterocycles. The third-order valence-electron chi connectivity index (χ3n) is 3.39. The Hall–Kier alpha value is -1.06. The molecule has 1 aromatic carbocycles. The van der Waals surface area contributed by atoms with Crippen molar-refractivity contribution in [1.29, 1.82) is 0 Å². The van der Waals surface area contributed by atoms with Crippen LogP contribution in [0.4, 0.5) is 0 Å². The predicted octanol–water partition coefficient (Wildman–Crippen LogP) is 2.70. The van der Waals surface area contributed by atoms with Gasteiger partial charge in [-0.3, -0.25) is 0 Å². The molecule has 1 unspecified atom stereocenters. The van der Waals surface area contributed by atoms with E-state index < -0.39 is 0 Å². The molecule has 3 heteroatoms. The largest absolute Gasteiger partial charge is 0.491 e. The van der Waals surface area contributed by atoms with Gasteiger partial charge < -0.3 is 14.8 Å². The molecule has 0 aliphatic heterocycles. The maximum atomic E-state index is 5.70. The highest BCUT2D eigenvalue weighted by Crippen LogP contribution is 2.33. The van der Waals surface area contributed by atoms with Crippen LogP contribution in [0.1, 0.15) is 36.9 Å². The second-order valence-electron chi connectivity index (χ2n) is 4.70. The fraction of sp³-hybridized carbons (Fsp3) is 0.600. The molecule has 0 bridgehead atoms. The summed E-state index contributed by atoms with van der Waals surface area (Å²) >= 11 is 0. The van der Waals surface area contributed by atoms with Gasteiger partial charge in [-0.05, 0) is 49.6 Å². The first-order valence-corrected chi connectivity index (χ1v) is 6.85. The summed E-state index contributed by atoms with van der Waals surface area (Å²) in [6, 6.07) is 6.94. The van der Waals surface area contributed by atoms with Gasteiger partial charge in [-0.2, -0.15) is 0 Å². The van der Waals surface area contributed by atoms with Gasteiger partial charge in [0.15, 0.2) is 0 Å². The molecule has 1 aromatic rings. The topological polar surface area (TPSA) is 30.5 Å². The highest BCUT2D eigenvalue weighted by molar-refractivity contribution is 5.40. The van der Waals surface area contributed by atoms with E-state index in [-0.39, 0.29) is 0 Å². The van der Waals surface area contributed by atoms with Crippen molar-refractivity contribution < 1.29 is 9.47 Å². The van der Waals surface area contributed by atoms with E-state index in [9.17, 15) is 0 Å². The Labute approximate surface area is 109 Å². The van der Waals surface area contributed by atoms with Crippen LogP contribution in [0.3, 0.4) is 0 Å². The van der Waals surface area contributed by atoms with Crippen LogP contribution in [0.25, 0.3) is 0 Å².